The lowest BCUT2D eigenvalue weighted by molar-refractivity contribution is -0.384. The molecule has 0 spiro atoms. The summed E-state index contributed by atoms with van der Waals surface area (Å²) in [5.74, 6) is -0.203. The summed E-state index contributed by atoms with van der Waals surface area (Å²) in [5, 5.41) is 17.1. The minimum Gasteiger partial charge on any atom is -0.449 e. The van der Waals surface area contributed by atoms with Crippen LogP contribution in [0.4, 0.5) is 5.69 Å². The van der Waals surface area contributed by atoms with Crippen LogP contribution in [-0.4, -0.2) is 29.5 Å². The maximum Gasteiger partial charge on any atom is 0.270 e. The van der Waals surface area contributed by atoms with Gasteiger partial charge in [-0.05, 0) is 47.2 Å². The number of carbonyl (C=O) groups is 2. The summed E-state index contributed by atoms with van der Waals surface area (Å²) < 4.78 is 5.97. The minimum absolute atomic E-state index is 0.152. The van der Waals surface area contributed by atoms with Crippen molar-refractivity contribution < 1.29 is 18.9 Å². The Morgan fingerprint density at radius 3 is 2.81 bits per heavy atom. The highest BCUT2D eigenvalue weighted by Gasteiger charge is 2.11. The highest BCUT2D eigenvalue weighted by Crippen LogP contribution is 2.12. The first-order valence-corrected chi connectivity index (χ1v) is 8.63. The Balaban J connectivity index is 1.68. The smallest absolute Gasteiger partial charge is 0.270 e. The number of furan rings is 1. The van der Waals surface area contributed by atoms with Gasteiger partial charge in [0.25, 0.3) is 11.6 Å². The second kappa shape index (κ2) is 9.65. The van der Waals surface area contributed by atoms with Gasteiger partial charge >= 0.3 is 0 Å². The fourth-order valence-corrected chi connectivity index (χ4v) is 2.37. The number of non-ortho nitro benzene ring substituents is 1. The molecule has 0 unspecified atom stereocenters. The standard InChI is InChI=1S/C16H15IN4O5/c17-14-7-6-13(26-14)10-19-20-15(22)5-2-8-18-16(23)11-3-1-4-12(9-11)21(24)25/h1,3-4,6-7,9-10H,2,5,8H2,(H,18,23)(H,20,22)/b19-10+. The summed E-state index contributed by atoms with van der Waals surface area (Å²) in [6, 6.07) is 8.94. The van der Waals surface area contributed by atoms with E-state index in [4.69, 9.17) is 4.42 Å². The van der Waals surface area contributed by atoms with Gasteiger partial charge in [-0.1, -0.05) is 6.07 Å². The van der Waals surface area contributed by atoms with Crippen LogP contribution < -0.4 is 10.7 Å². The van der Waals surface area contributed by atoms with Crippen molar-refractivity contribution in [1.29, 1.82) is 0 Å². The molecule has 0 saturated carbocycles. The van der Waals surface area contributed by atoms with Gasteiger partial charge in [0, 0.05) is 30.7 Å². The fourth-order valence-electron chi connectivity index (χ4n) is 1.94. The molecule has 0 atom stereocenters. The molecule has 9 nitrogen and oxygen atoms in total. The van der Waals surface area contributed by atoms with Crippen molar-refractivity contribution in [3.05, 3.63) is 61.6 Å². The van der Waals surface area contributed by atoms with Crippen molar-refractivity contribution in [2.45, 2.75) is 12.8 Å². The Kier molecular flexibility index (Phi) is 7.26. The number of hydrogen-bond donors (Lipinski definition) is 2. The Hall–Kier alpha value is -2.76. The zero-order chi connectivity index (χ0) is 18.9. The third kappa shape index (κ3) is 6.27. The number of amides is 2. The van der Waals surface area contributed by atoms with Crippen LogP contribution in [-0.2, 0) is 4.79 Å². The molecular formula is C16H15IN4O5. The number of nitro groups is 1. The molecular weight excluding hydrogens is 455 g/mol. The lowest BCUT2D eigenvalue weighted by atomic mass is 10.2. The van der Waals surface area contributed by atoms with Gasteiger partial charge in [-0.2, -0.15) is 5.10 Å². The summed E-state index contributed by atoms with van der Waals surface area (Å²) in [6.45, 7) is 0.259. The molecule has 1 aromatic heterocycles. The third-order valence-electron chi connectivity index (χ3n) is 3.16. The average Bonchev–Trinajstić information content (AvgIpc) is 3.04. The van der Waals surface area contributed by atoms with E-state index < -0.39 is 10.8 Å². The predicted molar refractivity (Wildman–Crippen MR) is 102 cm³/mol. The van der Waals surface area contributed by atoms with E-state index in [1.807, 2.05) is 22.6 Å². The first-order valence-electron chi connectivity index (χ1n) is 7.55. The van der Waals surface area contributed by atoms with Gasteiger partial charge in [-0.15, -0.1) is 0 Å². The van der Waals surface area contributed by atoms with Crippen LogP contribution in [0.25, 0.3) is 0 Å². The Morgan fingerprint density at radius 1 is 1.31 bits per heavy atom. The predicted octanol–water partition coefficient (Wildman–Crippen LogP) is 2.45. The lowest BCUT2D eigenvalue weighted by Crippen LogP contribution is -2.26. The summed E-state index contributed by atoms with van der Waals surface area (Å²) in [7, 11) is 0. The van der Waals surface area contributed by atoms with Crippen LogP contribution in [0.3, 0.4) is 0 Å². The van der Waals surface area contributed by atoms with Crippen molar-refractivity contribution in [3.63, 3.8) is 0 Å². The van der Waals surface area contributed by atoms with E-state index in [1.165, 1.54) is 30.5 Å². The van der Waals surface area contributed by atoms with Crippen LogP contribution in [0.2, 0.25) is 0 Å². The molecule has 0 fully saturated rings. The summed E-state index contributed by atoms with van der Waals surface area (Å²) >= 11 is 2.02. The van der Waals surface area contributed by atoms with Crippen molar-refractivity contribution >= 4 is 46.3 Å². The molecule has 0 aliphatic heterocycles. The first kappa shape index (κ1) is 19.6. The minimum atomic E-state index is -0.564. The molecule has 0 aliphatic carbocycles. The van der Waals surface area contributed by atoms with Crippen molar-refractivity contribution in [2.75, 3.05) is 6.54 Å². The van der Waals surface area contributed by atoms with E-state index in [1.54, 1.807) is 12.1 Å². The number of nitrogens with zero attached hydrogens (tertiary/aromatic N) is 2. The number of rotatable bonds is 8. The van der Waals surface area contributed by atoms with Gasteiger partial charge in [0.05, 0.1) is 11.1 Å². The molecule has 0 bridgehead atoms. The van der Waals surface area contributed by atoms with Gasteiger partial charge in [0.1, 0.15) is 5.76 Å². The molecule has 2 rings (SSSR count). The number of benzene rings is 1. The van der Waals surface area contributed by atoms with Gasteiger partial charge in [-0.3, -0.25) is 19.7 Å². The normalized spacial score (nSPS) is 10.7. The van der Waals surface area contributed by atoms with Crippen LogP contribution in [0.15, 0.2) is 45.9 Å². The largest absolute Gasteiger partial charge is 0.449 e. The zero-order valence-corrected chi connectivity index (χ0v) is 15.6. The lowest BCUT2D eigenvalue weighted by Gasteiger charge is -2.05. The molecule has 1 aromatic carbocycles. The topological polar surface area (TPSA) is 127 Å². The SMILES string of the molecule is O=C(CCCNC(=O)c1cccc([N+](=O)[O-])c1)N/N=C/c1ccc(I)o1. The van der Waals surface area contributed by atoms with Gasteiger partial charge in [0.2, 0.25) is 5.91 Å². The van der Waals surface area contributed by atoms with E-state index in [0.29, 0.717) is 12.2 Å². The number of nitro benzene ring substituents is 1. The highest BCUT2D eigenvalue weighted by molar-refractivity contribution is 14.1. The van der Waals surface area contributed by atoms with Crippen LogP contribution in [0, 0.1) is 13.9 Å². The summed E-state index contributed by atoms with van der Waals surface area (Å²) in [5.41, 5.74) is 2.40. The molecule has 10 heteroatoms. The second-order valence-corrected chi connectivity index (χ2v) is 6.17. The first-order chi connectivity index (χ1) is 12.5. The fraction of sp³-hybridized carbons (Fsp3) is 0.188. The number of halogens is 1. The zero-order valence-electron chi connectivity index (χ0n) is 13.5. The molecule has 0 saturated heterocycles. The van der Waals surface area contributed by atoms with E-state index in [2.05, 4.69) is 15.8 Å². The molecule has 2 aromatic rings. The van der Waals surface area contributed by atoms with Crippen LogP contribution >= 0.6 is 22.6 Å². The Morgan fingerprint density at radius 2 is 2.12 bits per heavy atom. The average molecular weight is 470 g/mol. The molecule has 2 amide bonds. The molecule has 26 heavy (non-hydrogen) atoms. The van der Waals surface area contributed by atoms with E-state index in [0.717, 1.165) is 3.77 Å². The summed E-state index contributed by atoms with van der Waals surface area (Å²) in [6.07, 6.45) is 1.97. The van der Waals surface area contributed by atoms with Crippen molar-refractivity contribution in [3.8, 4) is 0 Å². The quantitative estimate of drug-likeness (QED) is 0.202. The van der Waals surface area contributed by atoms with Crippen LogP contribution in [0.1, 0.15) is 29.0 Å². The molecule has 0 radical (unpaired) electrons. The number of carbonyl (C=O) groups excluding carboxylic acids is 2. The van der Waals surface area contributed by atoms with Gasteiger partial charge in [-0.25, -0.2) is 5.43 Å². The van der Waals surface area contributed by atoms with Crippen molar-refractivity contribution in [2.24, 2.45) is 5.10 Å². The molecule has 0 aliphatic rings. The van der Waals surface area contributed by atoms with Gasteiger partial charge < -0.3 is 9.73 Å². The molecule has 2 N–H and O–H groups in total. The van der Waals surface area contributed by atoms with Crippen LogP contribution in [0.5, 0.6) is 0 Å². The second-order valence-electron chi connectivity index (χ2n) is 5.10. The number of hydrazone groups is 1. The van der Waals surface area contributed by atoms with Crippen molar-refractivity contribution in [1.82, 2.24) is 10.7 Å². The molecule has 1 heterocycles. The summed E-state index contributed by atoms with van der Waals surface area (Å²) in [4.78, 5) is 33.7. The third-order valence-corrected chi connectivity index (χ3v) is 3.74. The van der Waals surface area contributed by atoms with E-state index in [9.17, 15) is 19.7 Å². The Bertz CT molecular complexity index is 834. The van der Waals surface area contributed by atoms with Gasteiger partial charge in [0.15, 0.2) is 3.77 Å². The maximum atomic E-state index is 11.9. The maximum absolute atomic E-state index is 11.9. The van der Waals surface area contributed by atoms with E-state index >= 15 is 0 Å². The monoisotopic (exact) mass is 470 g/mol. The number of nitrogens with one attached hydrogen (secondary N) is 2. The Labute approximate surface area is 162 Å². The number of hydrogen-bond acceptors (Lipinski definition) is 6. The highest BCUT2D eigenvalue weighted by atomic mass is 127. The molecule has 136 valence electrons. The van der Waals surface area contributed by atoms with E-state index in [-0.39, 0.29) is 30.1 Å².